The Morgan fingerprint density at radius 3 is 0.600 bits per heavy atom. The molecule has 0 fully saturated rings. The summed E-state index contributed by atoms with van der Waals surface area (Å²) in [5.74, 6) is -1.20. The highest BCUT2D eigenvalue weighted by molar-refractivity contribution is 5.88. The Kier molecular flexibility index (Phi) is 40.9. The third-order valence-corrected chi connectivity index (χ3v) is 10.4. The smallest absolute Gasteiger partial charge is 0.360 e. The standard InChI is InChI=1S/C45H86O5/c1-3-5-7-9-11-13-15-17-19-21-23-25-27-29-31-33-35-37-39-41-43(46)49-45(48)50-44(47)42-40-38-36-34-32-30-28-26-24-22-20-18-16-14-12-10-8-6-4-2/h3-42H2,1-2H3. The van der Waals surface area contributed by atoms with Crippen LogP contribution in [0, 0.1) is 0 Å². The quantitative estimate of drug-likeness (QED) is 0.0360. The zero-order chi connectivity index (χ0) is 36.4. The van der Waals surface area contributed by atoms with Gasteiger partial charge in [-0.25, -0.2) is 4.79 Å². The molecule has 0 unspecified atom stereocenters. The van der Waals surface area contributed by atoms with Crippen LogP contribution in [0.3, 0.4) is 0 Å². The van der Waals surface area contributed by atoms with E-state index >= 15 is 0 Å². The first-order valence-corrected chi connectivity index (χ1v) is 22.6. The Morgan fingerprint density at radius 2 is 0.420 bits per heavy atom. The lowest BCUT2D eigenvalue weighted by atomic mass is 10.0. The van der Waals surface area contributed by atoms with Gasteiger partial charge in [-0.2, -0.15) is 0 Å². The van der Waals surface area contributed by atoms with Crippen LogP contribution >= 0.6 is 0 Å². The molecule has 5 nitrogen and oxygen atoms in total. The summed E-state index contributed by atoms with van der Waals surface area (Å²) in [6.07, 6.45) is 48.6. The average molecular weight is 707 g/mol. The molecule has 0 aromatic rings. The molecule has 0 rings (SSSR count). The fourth-order valence-electron chi connectivity index (χ4n) is 7.00. The third-order valence-electron chi connectivity index (χ3n) is 10.4. The molecule has 0 aliphatic rings. The minimum atomic E-state index is -1.17. The fourth-order valence-corrected chi connectivity index (χ4v) is 7.00. The van der Waals surface area contributed by atoms with Gasteiger partial charge in [0.2, 0.25) is 0 Å². The van der Waals surface area contributed by atoms with Gasteiger partial charge in [0, 0.05) is 12.8 Å². The molecular weight excluding hydrogens is 620 g/mol. The molecule has 0 atom stereocenters. The van der Waals surface area contributed by atoms with Crippen molar-refractivity contribution in [3.8, 4) is 0 Å². The topological polar surface area (TPSA) is 69.7 Å². The molecule has 5 heteroatoms. The molecule has 0 saturated carbocycles. The summed E-state index contributed by atoms with van der Waals surface area (Å²) in [6.45, 7) is 4.56. The van der Waals surface area contributed by atoms with Crippen LogP contribution in [-0.4, -0.2) is 18.1 Å². The lowest BCUT2D eigenvalue weighted by molar-refractivity contribution is -0.146. The van der Waals surface area contributed by atoms with Crippen molar-refractivity contribution in [1.29, 1.82) is 0 Å². The molecular formula is C45H86O5. The molecule has 0 aliphatic heterocycles. The molecule has 0 aromatic heterocycles. The predicted molar refractivity (Wildman–Crippen MR) is 214 cm³/mol. The maximum absolute atomic E-state index is 11.9. The van der Waals surface area contributed by atoms with E-state index in [0.29, 0.717) is 12.8 Å². The first-order valence-electron chi connectivity index (χ1n) is 22.6. The Bertz CT molecular complexity index is 662. The van der Waals surface area contributed by atoms with Crippen molar-refractivity contribution in [2.45, 2.75) is 271 Å². The van der Waals surface area contributed by atoms with E-state index < -0.39 is 18.1 Å². The number of hydrogen-bond acceptors (Lipinski definition) is 5. The van der Waals surface area contributed by atoms with E-state index in [2.05, 4.69) is 23.3 Å². The van der Waals surface area contributed by atoms with Gasteiger partial charge in [0.1, 0.15) is 0 Å². The maximum Gasteiger partial charge on any atom is 0.524 e. The third kappa shape index (κ3) is 41.0. The molecule has 0 heterocycles. The number of unbranched alkanes of at least 4 members (excludes halogenated alkanes) is 36. The second-order valence-electron chi connectivity index (χ2n) is 15.4. The van der Waals surface area contributed by atoms with Gasteiger partial charge in [-0.1, -0.05) is 245 Å². The Labute approximate surface area is 312 Å². The van der Waals surface area contributed by atoms with E-state index in [4.69, 9.17) is 0 Å². The van der Waals surface area contributed by atoms with E-state index in [1.54, 1.807) is 0 Å². The van der Waals surface area contributed by atoms with Gasteiger partial charge < -0.3 is 9.47 Å². The summed E-state index contributed by atoms with van der Waals surface area (Å²) >= 11 is 0. The van der Waals surface area contributed by atoms with Gasteiger partial charge in [0.15, 0.2) is 0 Å². The molecule has 0 bridgehead atoms. The van der Waals surface area contributed by atoms with Crippen LogP contribution < -0.4 is 0 Å². The average Bonchev–Trinajstić information content (AvgIpc) is 3.10. The highest BCUT2D eigenvalue weighted by atomic mass is 16.8. The number of rotatable bonds is 40. The van der Waals surface area contributed by atoms with Crippen molar-refractivity contribution in [3.63, 3.8) is 0 Å². The molecule has 0 radical (unpaired) electrons. The van der Waals surface area contributed by atoms with Crippen molar-refractivity contribution in [2.75, 3.05) is 0 Å². The molecule has 0 aromatic carbocycles. The van der Waals surface area contributed by atoms with Crippen LogP contribution in [0.25, 0.3) is 0 Å². The van der Waals surface area contributed by atoms with Gasteiger partial charge in [-0.15, -0.1) is 0 Å². The lowest BCUT2D eigenvalue weighted by Gasteiger charge is -2.05. The van der Waals surface area contributed by atoms with Crippen molar-refractivity contribution in [1.82, 2.24) is 0 Å². The summed E-state index contributed by atoms with van der Waals surface area (Å²) in [5.41, 5.74) is 0. The van der Waals surface area contributed by atoms with Gasteiger partial charge in [0.25, 0.3) is 0 Å². The number of ether oxygens (including phenoxy) is 2. The highest BCUT2D eigenvalue weighted by Crippen LogP contribution is 2.17. The highest BCUT2D eigenvalue weighted by Gasteiger charge is 2.16. The van der Waals surface area contributed by atoms with E-state index in [0.717, 1.165) is 25.7 Å². The second kappa shape index (κ2) is 42.0. The molecule has 0 saturated heterocycles. The lowest BCUT2D eigenvalue weighted by Crippen LogP contribution is -2.17. The van der Waals surface area contributed by atoms with Gasteiger partial charge in [0.05, 0.1) is 0 Å². The normalized spacial score (nSPS) is 11.2. The maximum atomic E-state index is 11.9. The monoisotopic (exact) mass is 707 g/mol. The van der Waals surface area contributed by atoms with E-state index in [1.807, 2.05) is 0 Å². The van der Waals surface area contributed by atoms with E-state index in [1.165, 1.54) is 205 Å². The van der Waals surface area contributed by atoms with Crippen LogP contribution in [0.2, 0.25) is 0 Å². The van der Waals surface area contributed by atoms with Crippen molar-refractivity contribution >= 4 is 18.1 Å². The minimum absolute atomic E-state index is 0.196. The zero-order valence-corrected chi connectivity index (χ0v) is 33.8. The number of esters is 2. The SMILES string of the molecule is CCCCCCCCCCCCCCCCCCCCCC(=O)OC(=O)OC(=O)CCCCCCCCCCCCCCCCCCCCC. The molecule has 0 aliphatic carbocycles. The van der Waals surface area contributed by atoms with Crippen LogP contribution in [0.4, 0.5) is 4.79 Å². The predicted octanol–water partition coefficient (Wildman–Crippen LogP) is 15.8. The zero-order valence-electron chi connectivity index (χ0n) is 33.8. The molecule has 0 amide bonds. The van der Waals surface area contributed by atoms with E-state index in [-0.39, 0.29) is 12.8 Å². The largest absolute Gasteiger partial charge is 0.524 e. The summed E-state index contributed by atoms with van der Waals surface area (Å²) in [5, 5.41) is 0. The first kappa shape index (κ1) is 48.6. The summed E-state index contributed by atoms with van der Waals surface area (Å²) < 4.78 is 9.36. The van der Waals surface area contributed by atoms with Crippen molar-refractivity contribution < 1.29 is 23.9 Å². The Morgan fingerprint density at radius 1 is 0.260 bits per heavy atom. The Hall–Kier alpha value is -1.39. The number of hydrogen-bond donors (Lipinski definition) is 0. The number of carbonyl (C=O) groups excluding carboxylic acids is 3. The molecule has 0 spiro atoms. The first-order chi connectivity index (χ1) is 24.6. The van der Waals surface area contributed by atoms with Crippen molar-refractivity contribution in [2.24, 2.45) is 0 Å². The van der Waals surface area contributed by atoms with Crippen LogP contribution in [0.5, 0.6) is 0 Å². The molecule has 296 valence electrons. The second-order valence-corrected chi connectivity index (χ2v) is 15.4. The molecule has 50 heavy (non-hydrogen) atoms. The number of carbonyl (C=O) groups is 3. The van der Waals surface area contributed by atoms with Crippen LogP contribution in [0.1, 0.15) is 271 Å². The summed E-state index contributed by atoms with van der Waals surface area (Å²) in [6, 6.07) is 0. The summed E-state index contributed by atoms with van der Waals surface area (Å²) in [7, 11) is 0. The van der Waals surface area contributed by atoms with E-state index in [9.17, 15) is 14.4 Å². The molecule has 0 N–H and O–H groups in total. The van der Waals surface area contributed by atoms with Crippen molar-refractivity contribution in [3.05, 3.63) is 0 Å². The minimum Gasteiger partial charge on any atom is -0.360 e. The summed E-state index contributed by atoms with van der Waals surface area (Å²) in [4.78, 5) is 35.6. The van der Waals surface area contributed by atoms with Gasteiger partial charge in [-0.3, -0.25) is 9.59 Å². The van der Waals surface area contributed by atoms with Crippen LogP contribution in [0.15, 0.2) is 0 Å². The fraction of sp³-hybridized carbons (Fsp3) is 0.933. The van der Waals surface area contributed by atoms with Crippen LogP contribution in [-0.2, 0) is 19.1 Å². The Balaban J connectivity index is 3.36. The van der Waals surface area contributed by atoms with Gasteiger partial charge in [-0.05, 0) is 12.8 Å². The van der Waals surface area contributed by atoms with Gasteiger partial charge >= 0.3 is 18.1 Å².